The van der Waals surface area contributed by atoms with Gasteiger partial charge in [-0.05, 0) is 101 Å². The van der Waals surface area contributed by atoms with Crippen molar-refractivity contribution in [3.05, 3.63) is 29.3 Å². The van der Waals surface area contributed by atoms with E-state index in [0.29, 0.717) is 0 Å². The van der Waals surface area contributed by atoms with Crippen molar-refractivity contribution in [3.63, 3.8) is 0 Å². The second kappa shape index (κ2) is 9.70. The third-order valence-electron chi connectivity index (χ3n) is 6.19. The van der Waals surface area contributed by atoms with E-state index in [2.05, 4.69) is 42.7 Å². The molecular formula is C22H36N3S+. The number of thiocarbonyl (C=S) groups is 1. The first-order valence-electron chi connectivity index (χ1n) is 10.6. The van der Waals surface area contributed by atoms with Crippen molar-refractivity contribution in [2.75, 3.05) is 18.4 Å². The Labute approximate surface area is 164 Å². The molecule has 144 valence electrons. The first-order valence-corrected chi connectivity index (χ1v) is 11.0. The molecule has 1 aromatic rings. The Morgan fingerprint density at radius 3 is 2.04 bits per heavy atom. The molecule has 26 heavy (non-hydrogen) atoms. The largest absolute Gasteiger partial charge is 0.357 e. The van der Waals surface area contributed by atoms with Crippen molar-refractivity contribution in [1.82, 2.24) is 5.32 Å². The molecular weight excluding hydrogens is 338 g/mol. The maximum absolute atomic E-state index is 5.53. The minimum atomic E-state index is 0.754. The van der Waals surface area contributed by atoms with Crippen LogP contribution < -0.4 is 15.5 Å². The zero-order valence-corrected chi connectivity index (χ0v) is 17.4. The number of hydrogen-bond donors (Lipinski definition) is 3. The molecule has 2 saturated carbocycles. The molecule has 0 spiro atoms. The summed E-state index contributed by atoms with van der Waals surface area (Å²) in [6.45, 7) is 6.42. The van der Waals surface area contributed by atoms with E-state index in [4.69, 9.17) is 12.2 Å². The molecule has 0 radical (unpaired) electrons. The van der Waals surface area contributed by atoms with Crippen LogP contribution >= 0.6 is 12.2 Å². The molecule has 1 atom stereocenters. The van der Waals surface area contributed by atoms with E-state index in [1.165, 1.54) is 75.5 Å². The van der Waals surface area contributed by atoms with Gasteiger partial charge in [0.15, 0.2) is 5.11 Å². The smallest absolute Gasteiger partial charge is 0.170 e. The van der Waals surface area contributed by atoms with Crippen molar-refractivity contribution in [3.8, 4) is 0 Å². The molecule has 2 fully saturated rings. The zero-order valence-electron chi connectivity index (χ0n) is 16.6. The van der Waals surface area contributed by atoms with E-state index in [1.807, 2.05) is 4.90 Å². The fourth-order valence-corrected chi connectivity index (χ4v) is 5.27. The van der Waals surface area contributed by atoms with E-state index in [9.17, 15) is 0 Å². The maximum Gasteiger partial charge on any atom is 0.170 e. The highest BCUT2D eigenvalue weighted by atomic mass is 32.1. The fraction of sp³-hybridized carbons (Fsp3) is 0.682. The van der Waals surface area contributed by atoms with Crippen molar-refractivity contribution in [1.29, 1.82) is 0 Å². The van der Waals surface area contributed by atoms with Crippen molar-refractivity contribution in [2.24, 2.45) is 0 Å². The van der Waals surface area contributed by atoms with Crippen LogP contribution in [0.2, 0.25) is 0 Å². The number of anilines is 1. The summed E-state index contributed by atoms with van der Waals surface area (Å²) in [5, 5.41) is 7.57. The van der Waals surface area contributed by atoms with Crippen molar-refractivity contribution in [2.45, 2.75) is 83.7 Å². The summed E-state index contributed by atoms with van der Waals surface area (Å²) in [6, 6.07) is 8.27. The maximum atomic E-state index is 5.53. The number of nitrogens with one attached hydrogen (secondary N) is 3. The van der Waals surface area contributed by atoms with Crippen LogP contribution in [0, 0.1) is 13.8 Å². The van der Waals surface area contributed by atoms with Crippen LogP contribution in [0.5, 0.6) is 0 Å². The molecule has 1 aromatic carbocycles. The van der Waals surface area contributed by atoms with Crippen LogP contribution in [0.25, 0.3) is 0 Å². The summed E-state index contributed by atoms with van der Waals surface area (Å²) in [6.07, 6.45) is 12.9. The van der Waals surface area contributed by atoms with E-state index in [0.717, 1.165) is 29.4 Å². The first kappa shape index (κ1) is 19.6. The predicted molar refractivity (Wildman–Crippen MR) is 115 cm³/mol. The lowest BCUT2D eigenvalue weighted by atomic mass is 9.93. The molecule has 2 aliphatic carbocycles. The molecule has 0 amide bonds. The Bertz CT molecular complexity index is 569. The molecule has 4 heteroatoms. The lowest BCUT2D eigenvalue weighted by molar-refractivity contribution is -0.949. The molecule has 2 aliphatic rings. The van der Waals surface area contributed by atoms with Crippen molar-refractivity contribution < 1.29 is 4.90 Å². The van der Waals surface area contributed by atoms with E-state index >= 15 is 0 Å². The van der Waals surface area contributed by atoms with Gasteiger partial charge in [0.2, 0.25) is 0 Å². The van der Waals surface area contributed by atoms with Gasteiger partial charge in [0.05, 0.1) is 25.2 Å². The van der Waals surface area contributed by atoms with Gasteiger partial charge in [0.25, 0.3) is 0 Å². The molecule has 3 N–H and O–H groups in total. The third-order valence-corrected chi connectivity index (χ3v) is 6.43. The third kappa shape index (κ3) is 5.68. The summed E-state index contributed by atoms with van der Waals surface area (Å²) >= 11 is 5.53. The van der Waals surface area contributed by atoms with Crippen molar-refractivity contribution >= 4 is 23.0 Å². The van der Waals surface area contributed by atoms with Crippen LogP contribution in [0.4, 0.5) is 5.69 Å². The Hall–Kier alpha value is -1.13. The van der Waals surface area contributed by atoms with E-state index in [-0.39, 0.29) is 0 Å². The first-order chi connectivity index (χ1) is 12.6. The molecule has 0 saturated heterocycles. The van der Waals surface area contributed by atoms with E-state index in [1.54, 1.807) is 0 Å². The highest BCUT2D eigenvalue weighted by Gasteiger charge is 2.32. The summed E-state index contributed by atoms with van der Waals surface area (Å²) in [4.78, 5) is 1.86. The second-order valence-corrected chi connectivity index (χ2v) is 8.81. The summed E-state index contributed by atoms with van der Waals surface area (Å²) in [7, 11) is 0. The van der Waals surface area contributed by atoms with Crippen LogP contribution in [-0.4, -0.2) is 30.3 Å². The lowest BCUT2D eigenvalue weighted by Crippen LogP contribution is -3.19. The van der Waals surface area contributed by atoms with Gasteiger partial charge in [-0.3, -0.25) is 0 Å². The van der Waals surface area contributed by atoms with Gasteiger partial charge in [-0.1, -0.05) is 12.5 Å². The van der Waals surface area contributed by atoms with Gasteiger partial charge in [0, 0.05) is 5.69 Å². The van der Waals surface area contributed by atoms with Crippen LogP contribution in [-0.2, 0) is 0 Å². The standard InChI is InChI=1S/C22H35N3S/c1-17-14-18(2)16-19(15-17)24-22(26)23-12-13-25(21-10-6-7-11-21)20-8-4-3-5-9-20/h14-16,20-21H,3-13H2,1-2H3,(H2,23,24,26)/p+1. The van der Waals surface area contributed by atoms with Gasteiger partial charge in [-0.15, -0.1) is 0 Å². The predicted octanol–water partition coefficient (Wildman–Crippen LogP) is 3.75. The van der Waals surface area contributed by atoms with Gasteiger partial charge < -0.3 is 15.5 Å². The molecule has 0 bridgehead atoms. The lowest BCUT2D eigenvalue weighted by Gasteiger charge is -2.35. The average molecular weight is 375 g/mol. The fourth-order valence-electron chi connectivity index (χ4n) is 5.05. The highest BCUT2D eigenvalue weighted by molar-refractivity contribution is 7.80. The molecule has 0 aromatic heterocycles. The Balaban J connectivity index is 1.49. The number of quaternary nitrogens is 1. The van der Waals surface area contributed by atoms with Gasteiger partial charge in [-0.25, -0.2) is 0 Å². The Morgan fingerprint density at radius 2 is 1.46 bits per heavy atom. The van der Waals surface area contributed by atoms with Gasteiger partial charge in [0.1, 0.15) is 0 Å². The molecule has 3 nitrogen and oxygen atoms in total. The van der Waals surface area contributed by atoms with Gasteiger partial charge in [-0.2, -0.15) is 0 Å². The highest BCUT2D eigenvalue weighted by Crippen LogP contribution is 2.20. The van der Waals surface area contributed by atoms with Crippen LogP contribution in [0.1, 0.15) is 68.9 Å². The van der Waals surface area contributed by atoms with Crippen LogP contribution in [0.15, 0.2) is 18.2 Å². The molecule has 0 heterocycles. The van der Waals surface area contributed by atoms with Gasteiger partial charge >= 0.3 is 0 Å². The molecule has 1 unspecified atom stereocenters. The topological polar surface area (TPSA) is 28.5 Å². The van der Waals surface area contributed by atoms with E-state index < -0.39 is 0 Å². The zero-order chi connectivity index (χ0) is 18.4. The summed E-state index contributed by atoms with van der Waals surface area (Å²) in [5.41, 5.74) is 3.63. The molecule has 3 rings (SSSR count). The number of aryl methyl sites for hydroxylation is 2. The average Bonchev–Trinajstić information content (AvgIpc) is 3.13. The normalized spacial score (nSPS) is 20.1. The second-order valence-electron chi connectivity index (χ2n) is 8.40. The monoisotopic (exact) mass is 374 g/mol. The quantitative estimate of drug-likeness (QED) is 0.662. The summed E-state index contributed by atoms with van der Waals surface area (Å²) < 4.78 is 0. The number of benzene rings is 1. The molecule has 0 aliphatic heterocycles. The van der Waals surface area contributed by atoms with Crippen LogP contribution in [0.3, 0.4) is 0 Å². The minimum absolute atomic E-state index is 0.754. The minimum Gasteiger partial charge on any atom is -0.357 e. The number of hydrogen-bond acceptors (Lipinski definition) is 1. The Kier molecular flexibility index (Phi) is 7.32. The Morgan fingerprint density at radius 1 is 0.923 bits per heavy atom. The SMILES string of the molecule is Cc1cc(C)cc(NC(=S)NCC[NH+](C2CCCCC2)C2CCCC2)c1. The number of rotatable bonds is 6. The summed E-state index contributed by atoms with van der Waals surface area (Å²) in [5.74, 6) is 0.